The van der Waals surface area contributed by atoms with Gasteiger partial charge in [0.25, 0.3) is 0 Å². The van der Waals surface area contributed by atoms with Crippen LogP contribution >= 0.6 is 0 Å². The minimum Gasteiger partial charge on any atom is -0.491 e. The molecule has 3 aromatic rings. The fourth-order valence-electron chi connectivity index (χ4n) is 4.72. The average Bonchev–Trinajstić information content (AvgIpc) is 3.26. The molecule has 3 aliphatic heterocycles. The van der Waals surface area contributed by atoms with Crippen molar-refractivity contribution in [3.8, 4) is 5.75 Å². The molecule has 3 aliphatic rings. The van der Waals surface area contributed by atoms with Gasteiger partial charge in [-0.25, -0.2) is 0 Å². The van der Waals surface area contributed by atoms with Crippen LogP contribution in [0.15, 0.2) is 65.6 Å². The molecule has 6 rings (SSSR count). The Balaban J connectivity index is 1.49. The van der Waals surface area contributed by atoms with E-state index in [0.29, 0.717) is 18.2 Å². The molecule has 1 spiro atoms. The molecule has 4 heterocycles. The number of hydrogen-bond acceptors (Lipinski definition) is 5. The number of rotatable bonds is 2. The fraction of sp³-hybridized carbons (Fsp3) is 0.250. The van der Waals surface area contributed by atoms with Gasteiger partial charge < -0.3 is 9.64 Å². The third-order valence-corrected chi connectivity index (χ3v) is 6.28. The van der Waals surface area contributed by atoms with Gasteiger partial charge in [-0.15, -0.1) is 0 Å². The van der Waals surface area contributed by atoms with Crippen molar-refractivity contribution < 1.29 is 9.53 Å². The number of nitrogens with zero attached hydrogens (tertiary/aromatic N) is 4. The highest BCUT2D eigenvalue weighted by Gasteiger charge is 2.57. The number of ether oxygens (including phenoxy) is 1. The van der Waals surface area contributed by atoms with Crippen LogP contribution in [0.5, 0.6) is 5.75 Å². The van der Waals surface area contributed by atoms with Gasteiger partial charge in [-0.05, 0) is 30.0 Å². The lowest BCUT2D eigenvalue weighted by Gasteiger charge is -2.24. The SMILES string of the molecule is CC1C=NC(CN2C(=O)C3(COc4cc5nccnc5cc43)c3ccccc32)=CC1. The van der Waals surface area contributed by atoms with E-state index in [9.17, 15) is 4.79 Å². The summed E-state index contributed by atoms with van der Waals surface area (Å²) in [5.74, 6) is 1.17. The monoisotopic (exact) mass is 396 g/mol. The molecule has 6 heteroatoms. The first-order valence-corrected chi connectivity index (χ1v) is 10.2. The summed E-state index contributed by atoms with van der Waals surface area (Å²) < 4.78 is 6.06. The second-order valence-electron chi connectivity index (χ2n) is 8.18. The first-order chi connectivity index (χ1) is 14.7. The van der Waals surface area contributed by atoms with Crippen LogP contribution in [0.4, 0.5) is 5.69 Å². The van der Waals surface area contributed by atoms with Crippen molar-refractivity contribution >= 4 is 28.8 Å². The Morgan fingerprint density at radius 1 is 1.13 bits per heavy atom. The third kappa shape index (κ3) is 2.30. The maximum absolute atomic E-state index is 14.0. The van der Waals surface area contributed by atoms with Crippen molar-refractivity contribution in [1.29, 1.82) is 0 Å². The number of fused-ring (bicyclic) bond motifs is 5. The standard InChI is InChI=1S/C24H20N4O2/c1-15-6-7-16(27-12-15)13-28-21-5-3-2-4-17(21)24(23(28)29)14-30-22-11-20-19(10-18(22)24)25-8-9-26-20/h2-5,7-12,15H,6,13-14H2,1H3. The van der Waals surface area contributed by atoms with Gasteiger partial charge in [0.05, 0.1) is 23.3 Å². The zero-order valence-electron chi connectivity index (χ0n) is 16.6. The number of carbonyl (C=O) groups excluding carboxylic acids is 1. The molecule has 0 saturated carbocycles. The Hall–Kier alpha value is -3.54. The Morgan fingerprint density at radius 2 is 1.93 bits per heavy atom. The van der Waals surface area contributed by atoms with Crippen LogP contribution in [0.1, 0.15) is 24.5 Å². The molecule has 0 aliphatic carbocycles. The second-order valence-corrected chi connectivity index (χ2v) is 8.18. The van der Waals surface area contributed by atoms with Gasteiger partial charge in [-0.3, -0.25) is 19.8 Å². The average molecular weight is 396 g/mol. The van der Waals surface area contributed by atoms with Crippen LogP contribution in [-0.4, -0.2) is 35.2 Å². The van der Waals surface area contributed by atoms with Crippen LogP contribution < -0.4 is 9.64 Å². The lowest BCUT2D eigenvalue weighted by molar-refractivity contribution is -0.122. The third-order valence-electron chi connectivity index (χ3n) is 6.28. The van der Waals surface area contributed by atoms with E-state index in [1.807, 2.05) is 47.5 Å². The minimum absolute atomic E-state index is 0.0282. The predicted octanol–water partition coefficient (Wildman–Crippen LogP) is 3.65. The fourth-order valence-corrected chi connectivity index (χ4v) is 4.72. The largest absolute Gasteiger partial charge is 0.491 e. The normalized spacial score (nSPS) is 24.2. The van der Waals surface area contributed by atoms with E-state index in [1.165, 1.54) is 0 Å². The maximum Gasteiger partial charge on any atom is 0.246 e. The van der Waals surface area contributed by atoms with E-state index < -0.39 is 5.41 Å². The summed E-state index contributed by atoms with van der Waals surface area (Å²) in [7, 11) is 0. The van der Waals surface area contributed by atoms with Crippen LogP contribution in [0.25, 0.3) is 11.0 Å². The molecule has 0 saturated heterocycles. The first kappa shape index (κ1) is 17.3. The second kappa shape index (κ2) is 6.23. The number of hydrogen-bond donors (Lipinski definition) is 0. The number of para-hydroxylation sites is 1. The number of anilines is 1. The highest BCUT2D eigenvalue weighted by Crippen LogP contribution is 2.52. The Bertz CT molecular complexity index is 1270. The van der Waals surface area contributed by atoms with E-state index in [4.69, 9.17) is 4.74 Å². The lowest BCUT2D eigenvalue weighted by atomic mass is 9.77. The number of benzene rings is 2. The molecule has 0 radical (unpaired) electrons. The van der Waals surface area contributed by atoms with E-state index in [0.717, 1.165) is 40.0 Å². The van der Waals surface area contributed by atoms with Crippen LogP contribution in [0.2, 0.25) is 0 Å². The molecule has 30 heavy (non-hydrogen) atoms. The molecule has 1 amide bonds. The predicted molar refractivity (Wildman–Crippen MR) is 115 cm³/mol. The van der Waals surface area contributed by atoms with E-state index in [-0.39, 0.29) is 12.5 Å². The van der Waals surface area contributed by atoms with Crippen molar-refractivity contribution in [1.82, 2.24) is 9.97 Å². The van der Waals surface area contributed by atoms with Gasteiger partial charge in [0.1, 0.15) is 17.8 Å². The zero-order valence-corrected chi connectivity index (χ0v) is 16.6. The van der Waals surface area contributed by atoms with Crippen LogP contribution in [0.3, 0.4) is 0 Å². The zero-order chi connectivity index (χ0) is 20.3. The van der Waals surface area contributed by atoms with Crippen molar-refractivity contribution in [2.24, 2.45) is 10.9 Å². The number of aliphatic imine (C=N–C) groups is 1. The van der Waals surface area contributed by atoms with Gasteiger partial charge in [0.2, 0.25) is 5.91 Å². The smallest absolute Gasteiger partial charge is 0.246 e. The summed E-state index contributed by atoms with van der Waals surface area (Å²) in [6.45, 7) is 2.88. The van der Waals surface area contributed by atoms with E-state index in [2.05, 4.69) is 28.0 Å². The molecule has 2 aromatic carbocycles. The summed E-state index contributed by atoms with van der Waals surface area (Å²) in [6.07, 6.45) is 8.38. The lowest BCUT2D eigenvalue weighted by Crippen LogP contribution is -2.43. The van der Waals surface area contributed by atoms with Crippen molar-refractivity contribution in [3.05, 3.63) is 71.7 Å². The summed E-state index contributed by atoms with van der Waals surface area (Å²) in [6, 6.07) is 11.9. The molecule has 0 N–H and O–H groups in total. The van der Waals surface area contributed by atoms with Crippen LogP contribution in [-0.2, 0) is 10.2 Å². The van der Waals surface area contributed by atoms with Gasteiger partial charge in [-0.2, -0.15) is 0 Å². The topological polar surface area (TPSA) is 67.7 Å². The molecule has 1 aromatic heterocycles. The highest BCUT2D eigenvalue weighted by atomic mass is 16.5. The number of allylic oxidation sites excluding steroid dienone is 1. The minimum atomic E-state index is -0.857. The van der Waals surface area contributed by atoms with E-state index in [1.54, 1.807) is 12.4 Å². The van der Waals surface area contributed by atoms with Crippen molar-refractivity contribution in [2.75, 3.05) is 18.1 Å². The quantitative estimate of drug-likeness (QED) is 0.663. The molecular formula is C24H20N4O2. The molecule has 0 bridgehead atoms. The number of carbonyl (C=O) groups is 1. The molecule has 0 fully saturated rings. The van der Waals surface area contributed by atoms with Crippen molar-refractivity contribution in [3.63, 3.8) is 0 Å². The summed E-state index contributed by atoms with van der Waals surface area (Å²) in [5, 5.41) is 0. The first-order valence-electron chi connectivity index (χ1n) is 10.2. The molecular weight excluding hydrogens is 376 g/mol. The van der Waals surface area contributed by atoms with Crippen molar-refractivity contribution in [2.45, 2.75) is 18.8 Å². The number of aromatic nitrogens is 2. The molecule has 2 unspecified atom stereocenters. The summed E-state index contributed by atoms with van der Waals surface area (Å²) in [5.41, 5.74) is 4.36. The van der Waals surface area contributed by atoms with Crippen LogP contribution in [0, 0.1) is 5.92 Å². The van der Waals surface area contributed by atoms with Gasteiger partial charge in [0, 0.05) is 35.9 Å². The van der Waals surface area contributed by atoms with E-state index >= 15 is 0 Å². The molecule has 6 nitrogen and oxygen atoms in total. The Morgan fingerprint density at radius 3 is 2.73 bits per heavy atom. The summed E-state index contributed by atoms with van der Waals surface area (Å²) >= 11 is 0. The van der Waals surface area contributed by atoms with Gasteiger partial charge in [-0.1, -0.05) is 31.2 Å². The van der Waals surface area contributed by atoms with Gasteiger partial charge >= 0.3 is 0 Å². The van der Waals surface area contributed by atoms with Gasteiger partial charge in [0.15, 0.2) is 0 Å². The molecule has 2 atom stereocenters. The summed E-state index contributed by atoms with van der Waals surface area (Å²) in [4.78, 5) is 29.2. The molecule has 148 valence electrons. The maximum atomic E-state index is 14.0. The Labute approximate surface area is 173 Å². The Kier molecular flexibility index (Phi) is 3.60. The highest BCUT2D eigenvalue weighted by molar-refractivity contribution is 6.12. The number of amides is 1.